The Morgan fingerprint density at radius 3 is 2.67 bits per heavy atom. The Balaban J connectivity index is 1.01. The number of aromatic nitrogens is 7. The SMILES string of the molecule is CC(C)(C)C(=O)OCn1cc(C2CN(c3nnc(-c4cnc(NC5Cc6ccc(F)cc6C5)nc4)o3)C2)nn1. The number of nitrogens with zero attached hydrogens (tertiary/aromatic N) is 8. The maximum atomic E-state index is 13.5. The van der Waals surface area contributed by atoms with Gasteiger partial charge in [0.05, 0.1) is 22.9 Å². The Kier molecular flexibility index (Phi) is 6.20. The van der Waals surface area contributed by atoms with Crippen LogP contribution in [0, 0.1) is 11.2 Å². The molecule has 2 aliphatic rings. The Bertz CT molecular complexity index is 1490. The summed E-state index contributed by atoms with van der Waals surface area (Å²) in [6, 6.07) is 5.44. The van der Waals surface area contributed by atoms with Crippen molar-refractivity contribution in [3.05, 3.63) is 59.4 Å². The second-order valence-electron chi connectivity index (χ2n) is 10.9. The van der Waals surface area contributed by atoms with Crippen LogP contribution in [0.2, 0.25) is 0 Å². The van der Waals surface area contributed by atoms with Crippen molar-refractivity contribution in [2.45, 2.75) is 52.3 Å². The van der Waals surface area contributed by atoms with Crippen LogP contribution >= 0.6 is 0 Å². The smallest absolute Gasteiger partial charge is 0.318 e. The zero-order valence-electron chi connectivity index (χ0n) is 21.8. The predicted molar refractivity (Wildman–Crippen MR) is 137 cm³/mol. The van der Waals surface area contributed by atoms with E-state index in [1.807, 2.05) is 11.0 Å². The van der Waals surface area contributed by atoms with E-state index in [1.165, 1.54) is 10.7 Å². The molecular weight excluding hydrogens is 505 g/mol. The molecule has 0 bridgehead atoms. The zero-order chi connectivity index (χ0) is 27.1. The topological polar surface area (TPSA) is 137 Å². The molecule has 1 fully saturated rings. The van der Waals surface area contributed by atoms with Crippen molar-refractivity contribution in [3.63, 3.8) is 0 Å². The maximum absolute atomic E-state index is 13.5. The van der Waals surface area contributed by atoms with Crippen LogP contribution < -0.4 is 10.2 Å². The van der Waals surface area contributed by atoms with Crippen molar-refractivity contribution in [1.29, 1.82) is 0 Å². The Morgan fingerprint density at radius 2 is 1.90 bits per heavy atom. The fraction of sp³-hybridized carbons (Fsp3) is 0.423. The highest BCUT2D eigenvalue weighted by Crippen LogP contribution is 2.31. The molecule has 1 atom stereocenters. The van der Waals surface area contributed by atoms with Crippen LogP contribution in [0.5, 0.6) is 0 Å². The minimum absolute atomic E-state index is 0.0250. The largest absolute Gasteiger partial charge is 0.442 e. The number of fused-ring (bicyclic) bond motifs is 1. The first-order valence-corrected chi connectivity index (χ1v) is 12.7. The molecule has 1 N–H and O–H groups in total. The van der Waals surface area contributed by atoms with Crippen molar-refractivity contribution in [2.75, 3.05) is 23.3 Å². The number of rotatable bonds is 7. The molecule has 1 unspecified atom stereocenters. The first kappa shape index (κ1) is 24.9. The summed E-state index contributed by atoms with van der Waals surface area (Å²) in [4.78, 5) is 22.7. The lowest BCUT2D eigenvalue weighted by molar-refractivity contribution is -0.157. The summed E-state index contributed by atoms with van der Waals surface area (Å²) in [6.45, 7) is 6.72. The summed E-state index contributed by atoms with van der Waals surface area (Å²) in [5, 5.41) is 19.9. The highest BCUT2D eigenvalue weighted by Gasteiger charge is 2.34. The standard InChI is InChI=1S/C26H28FN9O3/c1-26(2,3)23(37)38-14-36-13-21(31-34-36)18-11-35(12-18)25-33-32-22(39-25)17-9-28-24(29-10-17)30-20-7-15-4-5-19(27)6-16(15)8-20/h4-6,9-10,13,18,20H,7-8,11-12,14H2,1-3H3,(H,28,29,30). The van der Waals surface area contributed by atoms with E-state index in [2.05, 4.69) is 35.8 Å². The summed E-state index contributed by atoms with van der Waals surface area (Å²) < 4.78 is 26.1. The van der Waals surface area contributed by atoms with Crippen LogP contribution in [0.3, 0.4) is 0 Å². The van der Waals surface area contributed by atoms with Gasteiger partial charge in [0.15, 0.2) is 6.73 Å². The summed E-state index contributed by atoms with van der Waals surface area (Å²) in [6.07, 6.45) is 6.58. The normalized spacial score (nSPS) is 17.1. The van der Waals surface area contributed by atoms with Crippen molar-refractivity contribution in [1.82, 2.24) is 35.2 Å². The van der Waals surface area contributed by atoms with Crippen molar-refractivity contribution in [3.8, 4) is 11.5 Å². The molecule has 0 spiro atoms. The van der Waals surface area contributed by atoms with Gasteiger partial charge in [0.2, 0.25) is 5.95 Å². The number of hydrogen-bond acceptors (Lipinski definition) is 11. The van der Waals surface area contributed by atoms with Crippen molar-refractivity contribution < 1.29 is 18.3 Å². The summed E-state index contributed by atoms with van der Waals surface area (Å²) in [5.74, 6) is 0.458. The van der Waals surface area contributed by atoms with Crippen LogP contribution in [0.15, 0.2) is 41.2 Å². The minimum atomic E-state index is -0.572. The highest BCUT2D eigenvalue weighted by atomic mass is 19.1. The van der Waals surface area contributed by atoms with E-state index in [9.17, 15) is 9.18 Å². The number of anilines is 2. The summed E-state index contributed by atoms with van der Waals surface area (Å²) in [5.41, 5.74) is 3.01. The minimum Gasteiger partial charge on any atom is -0.442 e. The third-order valence-electron chi connectivity index (χ3n) is 6.81. The fourth-order valence-electron chi connectivity index (χ4n) is 4.57. The lowest BCUT2D eigenvalue weighted by Crippen LogP contribution is -2.45. The van der Waals surface area contributed by atoms with Gasteiger partial charge in [-0.15, -0.1) is 10.2 Å². The van der Waals surface area contributed by atoms with Gasteiger partial charge in [0.1, 0.15) is 5.82 Å². The van der Waals surface area contributed by atoms with Gasteiger partial charge in [-0.05, 0) is 56.9 Å². The lowest BCUT2D eigenvalue weighted by Gasteiger charge is -2.36. The van der Waals surface area contributed by atoms with Crippen molar-refractivity contribution in [2.24, 2.45) is 5.41 Å². The molecule has 1 aliphatic heterocycles. The number of carbonyl (C=O) groups is 1. The van der Waals surface area contributed by atoms with E-state index in [-0.39, 0.29) is 30.5 Å². The van der Waals surface area contributed by atoms with E-state index < -0.39 is 5.41 Å². The third kappa shape index (κ3) is 5.29. The number of esters is 1. The molecule has 4 heterocycles. The zero-order valence-corrected chi connectivity index (χ0v) is 21.8. The number of carbonyl (C=O) groups excluding carboxylic acids is 1. The van der Waals surface area contributed by atoms with E-state index in [0.717, 1.165) is 29.7 Å². The Labute approximate surface area is 223 Å². The molecule has 6 rings (SSSR count). The number of nitrogens with one attached hydrogen (secondary N) is 1. The van der Waals surface area contributed by atoms with Gasteiger partial charge in [-0.2, -0.15) is 0 Å². The van der Waals surface area contributed by atoms with Crippen LogP contribution in [-0.2, 0) is 29.1 Å². The van der Waals surface area contributed by atoms with Gasteiger partial charge in [-0.3, -0.25) is 4.79 Å². The molecule has 4 aromatic rings. The quantitative estimate of drug-likeness (QED) is 0.351. The number of benzene rings is 1. The predicted octanol–water partition coefficient (Wildman–Crippen LogP) is 2.99. The molecule has 0 amide bonds. The lowest BCUT2D eigenvalue weighted by atomic mass is 9.97. The van der Waals surface area contributed by atoms with Crippen LogP contribution in [0.25, 0.3) is 11.5 Å². The van der Waals surface area contributed by atoms with Crippen LogP contribution in [0.1, 0.15) is 43.5 Å². The molecule has 1 saturated heterocycles. The first-order valence-electron chi connectivity index (χ1n) is 12.7. The molecule has 0 saturated carbocycles. The average Bonchev–Trinajstić information content (AvgIpc) is 3.61. The van der Waals surface area contributed by atoms with E-state index in [0.29, 0.717) is 36.5 Å². The molecule has 1 aliphatic carbocycles. The van der Waals surface area contributed by atoms with Gasteiger partial charge in [-0.1, -0.05) is 16.4 Å². The molecule has 202 valence electrons. The monoisotopic (exact) mass is 533 g/mol. The molecule has 0 radical (unpaired) electrons. The van der Waals surface area contributed by atoms with E-state index >= 15 is 0 Å². The van der Waals surface area contributed by atoms with Gasteiger partial charge < -0.3 is 19.4 Å². The van der Waals surface area contributed by atoms with E-state index in [1.54, 1.807) is 45.4 Å². The highest BCUT2D eigenvalue weighted by molar-refractivity contribution is 5.75. The summed E-state index contributed by atoms with van der Waals surface area (Å²) in [7, 11) is 0. The van der Waals surface area contributed by atoms with Crippen molar-refractivity contribution >= 4 is 17.9 Å². The molecule has 12 nitrogen and oxygen atoms in total. The molecule has 13 heteroatoms. The van der Waals surface area contributed by atoms with E-state index in [4.69, 9.17) is 9.15 Å². The number of ether oxygens (including phenoxy) is 1. The molecule has 39 heavy (non-hydrogen) atoms. The van der Waals surface area contributed by atoms with Crippen LogP contribution in [-0.4, -0.2) is 60.3 Å². The second kappa shape index (κ2) is 9.71. The molecule has 3 aromatic heterocycles. The molecule has 1 aromatic carbocycles. The van der Waals surface area contributed by atoms with Gasteiger partial charge in [-0.25, -0.2) is 19.0 Å². The number of hydrogen-bond donors (Lipinski definition) is 1. The Morgan fingerprint density at radius 1 is 1.13 bits per heavy atom. The maximum Gasteiger partial charge on any atom is 0.318 e. The fourth-order valence-corrected chi connectivity index (χ4v) is 4.57. The second-order valence-corrected chi connectivity index (χ2v) is 10.9. The van der Waals surface area contributed by atoms with Crippen LogP contribution in [0.4, 0.5) is 16.4 Å². The van der Waals surface area contributed by atoms with Gasteiger partial charge in [0.25, 0.3) is 5.89 Å². The molecular formula is C26H28FN9O3. The first-order chi connectivity index (χ1) is 18.7. The van der Waals surface area contributed by atoms with Gasteiger partial charge in [0, 0.05) is 37.4 Å². The average molecular weight is 534 g/mol. The number of halogens is 1. The summed E-state index contributed by atoms with van der Waals surface area (Å²) >= 11 is 0. The third-order valence-corrected chi connectivity index (χ3v) is 6.81. The van der Waals surface area contributed by atoms with Gasteiger partial charge >= 0.3 is 12.0 Å². The Hall–Kier alpha value is -4.42.